The van der Waals surface area contributed by atoms with Crippen molar-refractivity contribution in [3.05, 3.63) is 40.6 Å². The van der Waals surface area contributed by atoms with Gasteiger partial charge in [-0.1, -0.05) is 15.9 Å². The number of carbonyl (C=O) groups excluding carboxylic acids is 1. The topological polar surface area (TPSA) is 50.2 Å². The second-order valence-corrected chi connectivity index (χ2v) is 6.52. The van der Waals surface area contributed by atoms with E-state index in [0.717, 1.165) is 21.4 Å². The van der Waals surface area contributed by atoms with Crippen molar-refractivity contribution in [2.45, 2.75) is 26.8 Å². The summed E-state index contributed by atoms with van der Waals surface area (Å²) in [6, 6.07) is 6.02. The Labute approximate surface area is 139 Å². The molecule has 0 fully saturated rings. The number of aromatic nitrogens is 2. The summed E-state index contributed by atoms with van der Waals surface area (Å²) in [5.74, 6) is -0.0389. The van der Waals surface area contributed by atoms with Crippen molar-refractivity contribution in [2.75, 3.05) is 16.8 Å². The van der Waals surface area contributed by atoms with Gasteiger partial charge in [-0.15, -0.1) is 0 Å². The smallest absolute Gasteiger partial charge is 0.243 e. The van der Waals surface area contributed by atoms with Gasteiger partial charge in [-0.05, 0) is 44.5 Å². The van der Waals surface area contributed by atoms with Crippen molar-refractivity contribution < 1.29 is 4.79 Å². The van der Waals surface area contributed by atoms with Crippen LogP contribution in [0.1, 0.15) is 19.4 Å². The first kappa shape index (κ1) is 16.5. The second kappa shape index (κ2) is 6.96. The number of hydrogen-bond donors (Lipinski definition) is 1. The van der Waals surface area contributed by atoms with Gasteiger partial charge in [0.15, 0.2) is 0 Å². The summed E-state index contributed by atoms with van der Waals surface area (Å²) in [6.07, 6.45) is 3.69. The molecule has 118 valence electrons. The fourth-order valence-electron chi connectivity index (χ4n) is 2.24. The minimum atomic E-state index is -0.0389. The third-order valence-electron chi connectivity index (χ3n) is 3.42. The molecule has 1 N–H and O–H groups in total. The lowest BCUT2D eigenvalue weighted by atomic mass is 10.2. The first-order chi connectivity index (χ1) is 10.4. The van der Waals surface area contributed by atoms with Gasteiger partial charge in [0.05, 0.1) is 18.4 Å². The van der Waals surface area contributed by atoms with Crippen LogP contribution in [0.3, 0.4) is 0 Å². The van der Waals surface area contributed by atoms with Crippen molar-refractivity contribution in [1.29, 1.82) is 0 Å². The average Bonchev–Trinajstić information content (AvgIpc) is 2.85. The number of rotatable bonds is 5. The van der Waals surface area contributed by atoms with Crippen LogP contribution >= 0.6 is 15.9 Å². The zero-order chi connectivity index (χ0) is 16.3. The number of aryl methyl sites for hydroxylation is 2. The molecule has 0 bridgehead atoms. The van der Waals surface area contributed by atoms with Gasteiger partial charge in [0.25, 0.3) is 0 Å². The number of anilines is 2. The Morgan fingerprint density at radius 2 is 2.18 bits per heavy atom. The molecule has 0 aliphatic carbocycles. The molecule has 0 aliphatic rings. The van der Waals surface area contributed by atoms with Crippen molar-refractivity contribution in [2.24, 2.45) is 7.05 Å². The number of carbonyl (C=O) groups is 1. The first-order valence-electron chi connectivity index (χ1n) is 7.18. The normalized spacial score (nSPS) is 10.8. The number of hydrogen-bond acceptors (Lipinski definition) is 3. The molecule has 2 rings (SSSR count). The summed E-state index contributed by atoms with van der Waals surface area (Å²) in [4.78, 5) is 14.4. The Balaban J connectivity index is 2.08. The summed E-state index contributed by atoms with van der Waals surface area (Å²) >= 11 is 3.42. The highest BCUT2D eigenvalue weighted by Gasteiger charge is 2.16. The van der Waals surface area contributed by atoms with E-state index < -0.39 is 0 Å². The Kier molecular flexibility index (Phi) is 5.24. The van der Waals surface area contributed by atoms with Crippen molar-refractivity contribution in [3.63, 3.8) is 0 Å². The molecule has 0 spiro atoms. The first-order valence-corrected chi connectivity index (χ1v) is 7.97. The monoisotopic (exact) mass is 364 g/mol. The van der Waals surface area contributed by atoms with Crippen LogP contribution in [-0.4, -0.2) is 28.3 Å². The molecule has 0 saturated heterocycles. The zero-order valence-corrected chi connectivity index (χ0v) is 14.9. The maximum atomic E-state index is 12.4. The van der Waals surface area contributed by atoms with E-state index in [-0.39, 0.29) is 11.9 Å². The molecule has 0 atom stereocenters. The van der Waals surface area contributed by atoms with Crippen molar-refractivity contribution >= 4 is 33.2 Å². The van der Waals surface area contributed by atoms with E-state index >= 15 is 0 Å². The summed E-state index contributed by atoms with van der Waals surface area (Å²) < 4.78 is 2.74. The van der Waals surface area contributed by atoms with Crippen molar-refractivity contribution in [1.82, 2.24) is 9.78 Å². The Bertz CT molecular complexity index is 666. The molecular weight excluding hydrogens is 344 g/mol. The molecule has 0 aliphatic heterocycles. The van der Waals surface area contributed by atoms with E-state index in [0.29, 0.717) is 6.54 Å². The molecule has 6 heteroatoms. The largest absolute Gasteiger partial charge is 0.357 e. The minimum Gasteiger partial charge on any atom is -0.357 e. The fraction of sp³-hybridized carbons (Fsp3) is 0.375. The lowest BCUT2D eigenvalue weighted by molar-refractivity contribution is -0.115. The van der Waals surface area contributed by atoms with Gasteiger partial charge in [0.1, 0.15) is 0 Å². The minimum absolute atomic E-state index is 0.0389. The van der Waals surface area contributed by atoms with Gasteiger partial charge in [0, 0.05) is 29.4 Å². The van der Waals surface area contributed by atoms with Gasteiger partial charge < -0.3 is 10.2 Å². The maximum Gasteiger partial charge on any atom is 0.243 e. The molecule has 1 aromatic carbocycles. The summed E-state index contributed by atoms with van der Waals surface area (Å²) in [7, 11) is 1.87. The molecule has 5 nitrogen and oxygen atoms in total. The number of benzene rings is 1. The van der Waals surface area contributed by atoms with Crippen LogP contribution in [0.5, 0.6) is 0 Å². The van der Waals surface area contributed by atoms with Gasteiger partial charge in [-0.2, -0.15) is 5.10 Å². The van der Waals surface area contributed by atoms with E-state index in [4.69, 9.17) is 0 Å². The summed E-state index contributed by atoms with van der Waals surface area (Å²) in [6.45, 7) is 6.39. The predicted molar refractivity (Wildman–Crippen MR) is 93.2 cm³/mol. The highest BCUT2D eigenvalue weighted by atomic mass is 79.9. The third-order valence-corrected chi connectivity index (χ3v) is 3.92. The van der Waals surface area contributed by atoms with Crippen LogP contribution in [0.2, 0.25) is 0 Å². The molecule has 1 heterocycles. The fourth-order valence-corrected chi connectivity index (χ4v) is 2.72. The standard InChI is InChI=1S/C16H21BrN4O/c1-11(2)21(14-8-18-20(4)9-14)10-16(22)19-15-6-5-13(17)7-12(15)3/h5-9,11H,10H2,1-4H3,(H,19,22). The number of nitrogens with one attached hydrogen (secondary N) is 1. The molecule has 0 unspecified atom stereocenters. The van der Waals surface area contributed by atoms with E-state index in [1.54, 1.807) is 10.9 Å². The van der Waals surface area contributed by atoms with Crippen LogP contribution in [0.25, 0.3) is 0 Å². The van der Waals surface area contributed by atoms with E-state index in [1.807, 2.05) is 43.3 Å². The number of nitrogens with zero attached hydrogens (tertiary/aromatic N) is 3. The zero-order valence-electron chi connectivity index (χ0n) is 13.3. The second-order valence-electron chi connectivity index (χ2n) is 5.60. The van der Waals surface area contributed by atoms with E-state index in [9.17, 15) is 4.79 Å². The van der Waals surface area contributed by atoms with Gasteiger partial charge in [-0.25, -0.2) is 0 Å². The summed E-state index contributed by atoms with van der Waals surface area (Å²) in [5, 5.41) is 7.14. The Morgan fingerprint density at radius 1 is 1.45 bits per heavy atom. The van der Waals surface area contributed by atoms with E-state index in [2.05, 4.69) is 40.2 Å². The van der Waals surface area contributed by atoms with Crippen LogP contribution < -0.4 is 10.2 Å². The Hall–Kier alpha value is -1.82. The van der Waals surface area contributed by atoms with Gasteiger partial charge in [0.2, 0.25) is 5.91 Å². The quantitative estimate of drug-likeness (QED) is 0.884. The molecule has 0 saturated carbocycles. The van der Waals surface area contributed by atoms with Crippen molar-refractivity contribution in [3.8, 4) is 0 Å². The highest BCUT2D eigenvalue weighted by molar-refractivity contribution is 9.10. The molecule has 2 aromatic rings. The number of amides is 1. The molecule has 0 radical (unpaired) electrons. The number of halogens is 1. The molecule has 1 amide bonds. The Morgan fingerprint density at radius 3 is 2.73 bits per heavy atom. The molecule has 22 heavy (non-hydrogen) atoms. The average molecular weight is 365 g/mol. The van der Waals surface area contributed by atoms with Crippen LogP contribution in [0.15, 0.2) is 35.1 Å². The van der Waals surface area contributed by atoms with E-state index in [1.165, 1.54) is 0 Å². The molecule has 1 aromatic heterocycles. The molecular formula is C16H21BrN4O. The van der Waals surface area contributed by atoms with Crippen LogP contribution in [0, 0.1) is 6.92 Å². The highest BCUT2D eigenvalue weighted by Crippen LogP contribution is 2.21. The maximum absolute atomic E-state index is 12.4. The summed E-state index contributed by atoms with van der Waals surface area (Å²) in [5.41, 5.74) is 2.81. The van der Waals surface area contributed by atoms with Gasteiger partial charge in [-0.3, -0.25) is 9.48 Å². The van der Waals surface area contributed by atoms with Gasteiger partial charge >= 0.3 is 0 Å². The van der Waals surface area contributed by atoms with Crippen LogP contribution in [0.4, 0.5) is 11.4 Å². The SMILES string of the molecule is Cc1cc(Br)ccc1NC(=O)CN(c1cnn(C)c1)C(C)C. The predicted octanol–water partition coefficient (Wildman–Crippen LogP) is 3.34. The third kappa shape index (κ3) is 4.10. The lowest BCUT2D eigenvalue weighted by Gasteiger charge is -2.26. The van der Waals surface area contributed by atoms with Crippen LogP contribution in [-0.2, 0) is 11.8 Å². The lowest BCUT2D eigenvalue weighted by Crippen LogP contribution is -2.38.